The number of carbonyl (C=O) groups excluding carboxylic acids is 2. The average molecular weight is 476 g/mol. The van der Waals surface area contributed by atoms with Crippen LogP contribution in [-0.4, -0.2) is 46.0 Å². The van der Waals surface area contributed by atoms with E-state index in [1.54, 1.807) is 13.0 Å². The number of nitro groups is 1. The molecule has 0 spiro atoms. The first-order valence-corrected chi connectivity index (χ1v) is 9.96. The molecule has 2 aromatic carbocycles. The van der Waals surface area contributed by atoms with Gasteiger partial charge in [-0.1, -0.05) is 23.7 Å². The summed E-state index contributed by atoms with van der Waals surface area (Å²) in [5.74, 6) is -1.67. The Balaban J connectivity index is 1.85. The number of carbonyl (C=O) groups is 3. The zero-order chi connectivity index (χ0) is 24.1. The second kappa shape index (κ2) is 10.0. The van der Waals surface area contributed by atoms with Crippen molar-refractivity contribution in [2.45, 2.75) is 13.5 Å². The highest BCUT2D eigenvalue weighted by Gasteiger charge is 2.35. The first-order chi connectivity index (χ1) is 15.7. The van der Waals surface area contributed by atoms with Gasteiger partial charge in [0.15, 0.2) is 11.5 Å². The van der Waals surface area contributed by atoms with E-state index in [9.17, 15) is 24.5 Å². The monoisotopic (exact) mass is 475 g/mol. The van der Waals surface area contributed by atoms with E-state index >= 15 is 0 Å². The molecule has 172 valence electrons. The Morgan fingerprint density at radius 1 is 1.27 bits per heavy atom. The number of carboxylic acids is 1. The molecule has 0 bridgehead atoms. The van der Waals surface area contributed by atoms with Gasteiger partial charge < -0.3 is 19.9 Å². The van der Waals surface area contributed by atoms with Crippen molar-refractivity contribution in [2.24, 2.45) is 0 Å². The Bertz CT molecular complexity index is 1160. The Labute approximate surface area is 192 Å². The minimum atomic E-state index is -1.33. The number of aliphatic carboxylic acids is 1. The smallest absolute Gasteiger partial charge is 0.329 e. The fraction of sp³-hybridized carbons (Fsp3) is 0.190. The second-order valence-electron chi connectivity index (χ2n) is 6.75. The number of nitro benzene ring substituents is 1. The molecule has 1 fully saturated rings. The number of nitrogens with zero attached hydrogens (tertiary/aromatic N) is 2. The van der Waals surface area contributed by atoms with Crippen LogP contribution in [0.2, 0.25) is 5.02 Å². The van der Waals surface area contributed by atoms with E-state index in [2.05, 4.69) is 5.32 Å². The van der Waals surface area contributed by atoms with E-state index in [4.69, 9.17) is 26.2 Å². The first kappa shape index (κ1) is 23.5. The minimum Gasteiger partial charge on any atom is -0.490 e. The van der Waals surface area contributed by atoms with E-state index in [0.29, 0.717) is 16.0 Å². The number of urea groups is 1. The number of non-ortho nitro benzene ring substituents is 1. The number of nitrogens with one attached hydrogen (secondary N) is 1. The molecule has 0 saturated carbocycles. The van der Waals surface area contributed by atoms with E-state index < -0.39 is 29.4 Å². The minimum absolute atomic E-state index is 0.0133. The molecule has 2 N–H and O–H groups in total. The van der Waals surface area contributed by atoms with Crippen molar-refractivity contribution in [1.29, 1.82) is 0 Å². The predicted octanol–water partition coefficient (Wildman–Crippen LogP) is 3.20. The van der Waals surface area contributed by atoms with Crippen LogP contribution >= 0.6 is 11.6 Å². The molecule has 12 heteroatoms. The Kier molecular flexibility index (Phi) is 7.13. The van der Waals surface area contributed by atoms with Gasteiger partial charge in [-0.15, -0.1) is 0 Å². The summed E-state index contributed by atoms with van der Waals surface area (Å²) in [5.41, 5.74) is 0.748. The standard InChI is InChI=1S/C21H18ClN3O8/c1-2-32-17-9-13(8-16-20(28)24(10-18(26)27)21(29)23-16)7-15(22)19(17)33-11-12-4-3-5-14(6-12)25(30)31/h3-9H,2,10-11H2,1H3,(H,23,29)(H,26,27)/b16-8+. The van der Waals surface area contributed by atoms with Gasteiger partial charge in [-0.2, -0.15) is 0 Å². The van der Waals surface area contributed by atoms with Crippen molar-refractivity contribution in [1.82, 2.24) is 10.2 Å². The number of benzene rings is 2. The van der Waals surface area contributed by atoms with Gasteiger partial charge in [-0.05, 0) is 36.3 Å². The van der Waals surface area contributed by atoms with Crippen LogP contribution in [0.15, 0.2) is 42.1 Å². The van der Waals surface area contributed by atoms with Crippen LogP contribution in [0.3, 0.4) is 0 Å². The number of ether oxygens (including phenoxy) is 2. The second-order valence-corrected chi connectivity index (χ2v) is 7.16. The normalized spacial score (nSPS) is 14.4. The summed E-state index contributed by atoms with van der Waals surface area (Å²) in [6.07, 6.45) is 1.33. The molecule has 0 aliphatic carbocycles. The lowest BCUT2D eigenvalue weighted by Gasteiger charge is -2.15. The van der Waals surface area contributed by atoms with Crippen LogP contribution in [-0.2, 0) is 16.2 Å². The van der Waals surface area contributed by atoms with E-state index in [1.807, 2.05) is 0 Å². The zero-order valence-electron chi connectivity index (χ0n) is 17.2. The van der Waals surface area contributed by atoms with Gasteiger partial charge in [0.25, 0.3) is 11.6 Å². The summed E-state index contributed by atoms with van der Waals surface area (Å²) < 4.78 is 11.3. The van der Waals surface area contributed by atoms with Crippen molar-refractivity contribution in [2.75, 3.05) is 13.2 Å². The summed E-state index contributed by atoms with van der Waals surface area (Å²) in [6.45, 7) is 1.23. The number of carboxylic acid groups (broad SMARTS) is 1. The lowest BCUT2D eigenvalue weighted by atomic mass is 10.1. The number of hydrogen-bond acceptors (Lipinski definition) is 7. The van der Waals surface area contributed by atoms with Gasteiger partial charge in [0.1, 0.15) is 18.8 Å². The third-order valence-electron chi connectivity index (χ3n) is 4.40. The van der Waals surface area contributed by atoms with Gasteiger partial charge in [0.05, 0.1) is 16.6 Å². The molecule has 0 aromatic heterocycles. The van der Waals surface area contributed by atoms with E-state index in [-0.39, 0.29) is 41.1 Å². The predicted molar refractivity (Wildman–Crippen MR) is 116 cm³/mol. The molecule has 33 heavy (non-hydrogen) atoms. The molecule has 0 atom stereocenters. The van der Waals surface area contributed by atoms with Gasteiger partial charge in [0.2, 0.25) is 0 Å². The van der Waals surface area contributed by atoms with Crippen molar-refractivity contribution in [3.63, 3.8) is 0 Å². The van der Waals surface area contributed by atoms with Gasteiger partial charge in [0, 0.05) is 12.1 Å². The molecule has 1 aliphatic rings. The Morgan fingerprint density at radius 2 is 2.03 bits per heavy atom. The Morgan fingerprint density at radius 3 is 2.70 bits per heavy atom. The Hall–Kier alpha value is -4.12. The topological polar surface area (TPSA) is 148 Å². The number of amides is 3. The van der Waals surface area contributed by atoms with Crippen molar-refractivity contribution >= 4 is 41.3 Å². The first-order valence-electron chi connectivity index (χ1n) is 9.58. The molecular weight excluding hydrogens is 458 g/mol. The largest absolute Gasteiger partial charge is 0.490 e. The fourth-order valence-corrected chi connectivity index (χ4v) is 3.28. The molecular formula is C21H18ClN3O8. The lowest BCUT2D eigenvalue weighted by Crippen LogP contribution is -2.35. The van der Waals surface area contributed by atoms with Gasteiger partial charge in [-0.25, -0.2) is 9.69 Å². The van der Waals surface area contributed by atoms with Crippen molar-refractivity contribution in [3.05, 3.63) is 68.4 Å². The van der Waals surface area contributed by atoms with Crippen LogP contribution in [0.4, 0.5) is 10.5 Å². The summed E-state index contributed by atoms with van der Waals surface area (Å²) in [7, 11) is 0. The molecule has 1 saturated heterocycles. The van der Waals surface area contributed by atoms with Crippen LogP contribution in [0.5, 0.6) is 11.5 Å². The lowest BCUT2D eigenvalue weighted by molar-refractivity contribution is -0.384. The third kappa shape index (κ3) is 5.57. The van der Waals surface area contributed by atoms with Crippen LogP contribution in [0.1, 0.15) is 18.1 Å². The van der Waals surface area contributed by atoms with Crippen LogP contribution in [0, 0.1) is 10.1 Å². The number of rotatable bonds is 9. The summed E-state index contributed by atoms with van der Waals surface area (Å²) in [4.78, 5) is 46.1. The van der Waals surface area contributed by atoms with E-state index in [0.717, 1.165) is 0 Å². The highest BCUT2D eigenvalue weighted by molar-refractivity contribution is 6.32. The molecule has 1 heterocycles. The summed E-state index contributed by atoms with van der Waals surface area (Å²) in [6, 6.07) is 8.11. The molecule has 1 aliphatic heterocycles. The zero-order valence-corrected chi connectivity index (χ0v) is 18.0. The third-order valence-corrected chi connectivity index (χ3v) is 4.68. The molecule has 3 rings (SSSR count). The molecule has 2 aromatic rings. The molecule has 0 unspecified atom stereocenters. The highest BCUT2D eigenvalue weighted by atomic mass is 35.5. The van der Waals surface area contributed by atoms with Gasteiger partial charge in [-0.3, -0.25) is 19.7 Å². The maximum Gasteiger partial charge on any atom is 0.329 e. The fourth-order valence-electron chi connectivity index (χ4n) is 3.01. The van der Waals surface area contributed by atoms with Crippen LogP contribution in [0.25, 0.3) is 6.08 Å². The summed E-state index contributed by atoms with van der Waals surface area (Å²) >= 11 is 6.36. The average Bonchev–Trinajstić information content (AvgIpc) is 3.00. The maximum atomic E-state index is 12.3. The van der Waals surface area contributed by atoms with Crippen molar-refractivity contribution < 1.29 is 33.9 Å². The van der Waals surface area contributed by atoms with Crippen molar-refractivity contribution in [3.8, 4) is 11.5 Å². The number of imide groups is 1. The summed E-state index contributed by atoms with van der Waals surface area (Å²) in [5, 5.41) is 22.3. The maximum absolute atomic E-state index is 12.3. The quantitative estimate of drug-likeness (QED) is 0.243. The van der Waals surface area contributed by atoms with E-state index in [1.165, 1.54) is 36.4 Å². The van der Waals surface area contributed by atoms with Crippen LogP contribution < -0.4 is 14.8 Å². The molecule has 0 radical (unpaired) electrons. The highest BCUT2D eigenvalue weighted by Crippen LogP contribution is 2.38. The molecule has 3 amide bonds. The number of halogens is 1. The van der Waals surface area contributed by atoms with Gasteiger partial charge >= 0.3 is 12.0 Å². The number of hydrogen-bond donors (Lipinski definition) is 2. The molecule has 11 nitrogen and oxygen atoms in total. The SMILES string of the molecule is CCOc1cc(/C=C2/NC(=O)N(CC(=O)O)C2=O)cc(Cl)c1OCc1cccc([N+](=O)[O-])c1.